The first-order valence-corrected chi connectivity index (χ1v) is 8.15. The maximum atomic E-state index is 5.59. The summed E-state index contributed by atoms with van der Waals surface area (Å²) >= 11 is 2.10. The highest BCUT2D eigenvalue weighted by atomic mass is 32.2. The summed E-state index contributed by atoms with van der Waals surface area (Å²) in [6.45, 7) is 13.7. The van der Waals surface area contributed by atoms with Crippen LogP contribution < -0.4 is 0 Å². The van der Waals surface area contributed by atoms with Gasteiger partial charge in [-0.05, 0) is 26.8 Å². The Morgan fingerprint density at radius 3 is 2.44 bits per heavy atom. The molecule has 0 aromatic rings. The average Bonchev–Trinajstić information content (AvgIpc) is 2.48. The molecule has 1 saturated heterocycles. The third-order valence-electron chi connectivity index (χ3n) is 3.32. The lowest BCUT2D eigenvalue weighted by Crippen LogP contribution is -2.31. The first-order valence-electron chi connectivity index (χ1n) is 7.17. The zero-order valence-electron chi connectivity index (χ0n) is 12.4. The molecule has 1 fully saturated rings. The number of thioether (sulfide) groups is 1. The SMILES string of the molecule is CCOC(CCN1CCSC(C)(C)CC1)OCC. The first-order chi connectivity index (χ1) is 8.57. The standard InChI is InChI=1S/C14H29NO2S/c1-5-16-13(17-6-2)7-9-15-10-8-14(3,4)18-12-11-15/h13H,5-12H2,1-4H3. The monoisotopic (exact) mass is 275 g/mol. The predicted molar refractivity (Wildman–Crippen MR) is 79.3 cm³/mol. The Labute approximate surface area is 117 Å². The lowest BCUT2D eigenvalue weighted by molar-refractivity contribution is -0.141. The topological polar surface area (TPSA) is 21.7 Å². The third-order valence-corrected chi connectivity index (χ3v) is 4.69. The van der Waals surface area contributed by atoms with Crippen LogP contribution >= 0.6 is 11.8 Å². The molecule has 1 heterocycles. The molecule has 1 rings (SSSR count). The minimum absolute atomic E-state index is 0.0242. The molecule has 3 nitrogen and oxygen atoms in total. The van der Waals surface area contributed by atoms with Gasteiger partial charge in [-0.2, -0.15) is 11.8 Å². The molecule has 18 heavy (non-hydrogen) atoms. The number of hydrogen-bond donors (Lipinski definition) is 0. The van der Waals surface area contributed by atoms with Gasteiger partial charge in [0.05, 0.1) is 0 Å². The van der Waals surface area contributed by atoms with Crippen LogP contribution in [-0.4, -0.2) is 54.5 Å². The maximum Gasteiger partial charge on any atom is 0.158 e. The van der Waals surface area contributed by atoms with Crippen LogP contribution in [0.25, 0.3) is 0 Å². The highest BCUT2D eigenvalue weighted by molar-refractivity contribution is 8.00. The second kappa shape index (κ2) is 8.41. The van der Waals surface area contributed by atoms with E-state index in [0.29, 0.717) is 4.75 Å². The minimum atomic E-state index is -0.0242. The van der Waals surface area contributed by atoms with Crippen LogP contribution in [0.4, 0.5) is 0 Å². The third kappa shape index (κ3) is 6.41. The molecule has 0 N–H and O–H groups in total. The predicted octanol–water partition coefficient (Wildman–Crippen LogP) is 2.99. The fourth-order valence-electron chi connectivity index (χ4n) is 2.16. The van der Waals surface area contributed by atoms with Gasteiger partial charge in [0, 0.05) is 43.2 Å². The first kappa shape index (κ1) is 16.3. The van der Waals surface area contributed by atoms with E-state index in [-0.39, 0.29) is 6.29 Å². The molecule has 0 amide bonds. The molecule has 0 radical (unpaired) electrons. The molecule has 0 aromatic heterocycles. The molecule has 1 aliphatic rings. The Bertz CT molecular complexity index is 218. The van der Waals surface area contributed by atoms with Crippen molar-refractivity contribution in [2.45, 2.75) is 51.6 Å². The number of rotatable bonds is 7. The van der Waals surface area contributed by atoms with Gasteiger partial charge < -0.3 is 14.4 Å². The Morgan fingerprint density at radius 2 is 1.83 bits per heavy atom. The van der Waals surface area contributed by atoms with Crippen LogP contribution in [0.3, 0.4) is 0 Å². The van der Waals surface area contributed by atoms with Crippen LogP contribution in [0, 0.1) is 0 Å². The summed E-state index contributed by atoms with van der Waals surface area (Å²) in [7, 11) is 0. The summed E-state index contributed by atoms with van der Waals surface area (Å²) < 4.78 is 11.6. The van der Waals surface area contributed by atoms with E-state index in [1.165, 1.54) is 25.3 Å². The van der Waals surface area contributed by atoms with E-state index in [9.17, 15) is 0 Å². The Morgan fingerprint density at radius 1 is 1.17 bits per heavy atom. The van der Waals surface area contributed by atoms with E-state index in [2.05, 4.69) is 30.5 Å². The van der Waals surface area contributed by atoms with E-state index in [0.717, 1.165) is 26.2 Å². The zero-order valence-corrected chi connectivity index (χ0v) is 13.2. The summed E-state index contributed by atoms with van der Waals surface area (Å²) in [5.41, 5.74) is 0. The molecule has 108 valence electrons. The summed E-state index contributed by atoms with van der Waals surface area (Å²) in [6, 6.07) is 0. The molecular formula is C14H29NO2S. The van der Waals surface area contributed by atoms with Crippen LogP contribution in [0.1, 0.15) is 40.5 Å². The van der Waals surface area contributed by atoms with Crippen molar-refractivity contribution in [1.82, 2.24) is 4.90 Å². The van der Waals surface area contributed by atoms with Gasteiger partial charge in [0.25, 0.3) is 0 Å². The molecule has 0 spiro atoms. The summed E-state index contributed by atoms with van der Waals surface area (Å²) in [4.78, 5) is 2.55. The molecule has 0 unspecified atom stereocenters. The van der Waals surface area contributed by atoms with Gasteiger partial charge in [-0.3, -0.25) is 0 Å². The molecule has 0 saturated carbocycles. The van der Waals surface area contributed by atoms with Crippen molar-refractivity contribution in [3.05, 3.63) is 0 Å². The molecule has 4 heteroatoms. The van der Waals surface area contributed by atoms with Gasteiger partial charge in [0.1, 0.15) is 0 Å². The number of hydrogen-bond acceptors (Lipinski definition) is 4. The summed E-state index contributed by atoms with van der Waals surface area (Å²) in [5.74, 6) is 1.24. The van der Waals surface area contributed by atoms with Gasteiger partial charge in [0.15, 0.2) is 6.29 Å². The molecule has 0 atom stereocenters. The van der Waals surface area contributed by atoms with Crippen LogP contribution in [0.2, 0.25) is 0 Å². The Hall–Kier alpha value is 0.230. The van der Waals surface area contributed by atoms with Crippen molar-refractivity contribution in [2.75, 3.05) is 38.6 Å². The van der Waals surface area contributed by atoms with Crippen molar-refractivity contribution < 1.29 is 9.47 Å². The smallest absolute Gasteiger partial charge is 0.158 e. The zero-order chi connectivity index (χ0) is 13.4. The number of ether oxygens (including phenoxy) is 2. The average molecular weight is 275 g/mol. The van der Waals surface area contributed by atoms with Gasteiger partial charge in [-0.1, -0.05) is 13.8 Å². The van der Waals surface area contributed by atoms with Crippen LogP contribution in [-0.2, 0) is 9.47 Å². The number of nitrogens with zero attached hydrogens (tertiary/aromatic N) is 1. The lowest BCUT2D eigenvalue weighted by Gasteiger charge is -2.24. The van der Waals surface area contributed by atoms with E-state index >= 15 is 0 Å². The van der Waals surface area contributed by atoms with Crippen LogP contribution in [0.5, 0.6) is 0 Å². The van der Waals surface area contributed by atoms with Gasteiger partial charge >= 0.3 is 0 Å². The van der Waals surface area contributed by atoms with Crippen molar-refractivity contribution in [3.63, 3.8) is 0 Å². The quantitative estimate of drug-likeness (QED) is 0.666. The Balaban J connectivity index is 2.28. The van der Waals surface area contributed by atoms with E-state index in [1.54, 1.807) is 0 Å². The van der Waals surface area contributed by atoms with E-state index in [1.807, 2.05) is 13.8 Å². The van der Waals surface area contributed by atoms with Gasteiger partial charge in [-0.25, -0.2) is 0 Å². The van der Waals surface area contributed by atoms with Gasteiger partial charge in [-0.15, -0.1) is 0 Å². The van der Waals surface area contributed by atoms with Crippen molar-refractivity contribution in [3.8, 4) is 0 Å². The Kier molecular flexibility index (Phi) is 7.61. The fraction of sp³-hybridized carbons (Fsp3) is 1.00. The molecular weight excluding hydrogens is 246 g/mol. The summed E-state index contributed by atoms with van der Waals surface area (Å²) in [6.07, 6.45) is 2.22. The second-order valence-electron chi connectivity index (χ2n) is 5.33. The molecule has 1 aliphatic heterocycles. The highest BCUT2D eigenvalue weighted by Crippen LogP contribution is 2.30. The molecule has 0 aliphatic carbocycles. The van der Waals surface area contributed by atoms with Gasteiger partial charge in [0.2, 0.25) is 0 Å². The summed E-state index contributed by atoms with van der Waals surface area (Å²) in [5, 5.41) is 0. The van der Waals surface area contributed by atoms with Crippen molar-refractivity contribution >= 4 is 11.8 Å². The molecule has 0 bridgehead atoms. The fourth-order valence-corrected chi connectivity index (χ4v) is 3.30. The van der Waals surface area contributed by atoms with Crippen molar-refractivity contribution in [2.24, 2.45) is 0 Å². The van der Waals surface area contributed by atoms with E-state index < -0.39 is 0 Å². The van der Waals surface area contributed by atoms with Crippen molar-refractivity contribution in [1.29, 1.82) is 0 Å². The lowest BCUT2D eigenvalue weighted by atomic mass is 10.1. The van der Waals surface area contributed by atoms with E-state index in [4.69, 9.17) is 9.47 Å². The highest BCUT2D eigenvalue weighted by Gasteiger charge is 2.23. The molecule has 0 aromatic carbocycles. The normalized spacial score (nSPS) is 21.2. The largest absolute Gasteiger partial charge is 0.353 e. The minimum Gasteiger partial charge on any atom is -0.353 e. The maximum absolute atomic E-state index is 5.59. The van der Waals surface area contributed by atoms with Crippen LogP contribution in [0.15, 0.2) is 0 Å². The second-order valence-corrected chi connectivity index (χ2v) is 7.13.